The highest BCUT2D eigenvalue weighted by molar-refractivity contribution is 14.0. The third-order valence-corrected chi connectivity index (χ3v) is 4.13. The van der Waals surface area contributed by atoms with Gasteiger partial charge in [0, 0.05) is 24.4 Å². The zero-order chi connectivity index (χ0) is 12.4. The minimum Gasteiger partial charge on any atom is -0.378 e. The number of thiazole rings is 1. The molecule has 1 saturated carbocycles. The fourth-order valence-corrected chi connectivity index (χ4v) is 2.80. The molecule has 1 aliphatic carbocycles. The van der Waals surface area contributed by atoms with E-state index >= 15 is 0 Å². The molecule has 2 heterocycles. The van der Waals surface area contributed by atoms with Gasteiger partial charge in [0.2, 0.25) is 0 Å². The maximum absolute atomic E-state index is 5.97. The average molecular weight is 394 g/mol. The number of nitrogens with two attached hydrogens (primary N) is 1. The van der Waals surface area contributed by atoms with Crippen molar-refractivity contribution in [3.8, 4) is 0 Å². The van der Waals surface area contributed by atoms with E-state index < -0.39 is 0 Å². The molecule has 2 fully saturated rings. The van der Waals surface area contributed by atoms with Crippen molar-refractivity contribution >= 4 is 41.3 Å². The first kappa shape index (κ1) is 15.0. The van der Waals surface area contributed by atoms with E-state index in [1.165, 1.54) is 18.5 Å². The van der Waals surface area contributed by atoms with Crippen molar-refractivity contribution in [1.29, 1.82) is 0 Å². The van der Waals surface area contributed by atoms with Crippen molar-refractivity contribution in [1.82, 2.24) is 9.88 Å². The van der Waals surface area contributed by atoms with Crippen LogP contribution in [0.1, 0.15) is 29.5 Å². The summed E-state index contributed by atoms with van der Waals surface area (Å²) < 4.78 is 5.29. The molecule has 0 spiro atoms. The molecule has 1 aromatic heterocycles. The number of ether oxygens (including phenoxy) is 1. The number of hydrogen-bond acceptors (Lipinski definition) is 4. The fraction of sp³-hybridized carbons (Fsp3) is 0.667. The highest BCUT2D eigenvalue weighted by atomic mass is 127. The van der Waals surface area contributed by atoms with Gasteiger partial charge in [0.15, 0.2) is 5.96 Å². The molecule has 0 unspecified atom stereocenters. The number of aromatic nitrogens is 1. The molecule has 1 saturated heterocycles. The van der Waals surface area contributed by atoms with Gasteiger partial charge >= 0.3 is 0 Å². The monoisotopic (exact) mass is 394 g/mol. The van der Waals surface area contributed by atoms with Crippen molar-refractivity contribution in [3.05, 3.63) is 16.1 Å². The lowest BCUT2D eigenvalue weighted by Crippen LogP contribution is -2.44. The highest BCUT2D eigenvalue weighted by Crippen LogP contribution is 2.40. The molecule has 106 valence electrons. The van der Waals surface area contributed by atoms with Crippen LogP contribution in [0.4, 0.5) is 0 Å². The smallest absolute Gasteiger partial charge is 0.191 e. The first-order chi connectivity index (χ1) is 8.83. The first-order valence-corrected chi connectivity index (χ1v) is 7.28. The Morgan fingerprint density at radius 3 is 2.89 bits per heavy atom. The third kappa shape index (κ3) is 4.03. The van der Waals surface area contributed by atoms with Gasteiger partial charge in [-0.1, -0.05) is 0 Å². The van der Waals surface area contributed by atoms with E-state index in [1.807, 2.05) is 0 Å². The zero-order valence-corrected chi connectivity index (χ0v) is 13.9. The van der Waals surface area contributed by atoms with Crippen molar-refractivity contribution < 1.29 is 4.74 Å². The molecule has 3 rings (SSSR count). The molecule has 2 aliphatic rings. The van der Waals surface area contributed by atoms with Gasteiger partial charge in [-0.3, -0.25) is 0 Å². The summed E-state index contributed by atoms with van der Waals surface area (Å²) in [4.78, 5) is 11.1. The van der Waals surface area contributed by atoms with Gasteiger partial charge in [0.1, 0.15) is 5.01 Å². The Morgan fingerprint density at radius 1 is 1.47 bits per heavy atom. The zero-order valence-electron chi connectivity index (χ0n) is 10.7. The van der Waals surface area contributed by atoms with Crippen molar-refractivity contribution in [2.24, 2.45) is 10.7 Å². The Balaban J connectivity index is 0.00000133. The van der Waals surface area contributed by atoms with E-state index in [1.54, 1.807) is 11.3 Å². The quantitative estimate of drug-likeness (QED) is 0.483. The Bertz CT molecular complexity index is 441. The van der Waals surface area contributed by atoms with E-state index in [4.69, 9.17) is 10.5 Å². The summed E-state index contributed by atoms with van der Waals surface area (Å²) in [6, 6.07) is 0. The van der Waals surface area contributed by atoms with Crippen molar-refractivity contribution in [2.45, 2.75) is 25.3 Å². The normalized spacial score (nSPS) is 20.2. The van der Waals surface area contributed by atoms with E-state index in [0.29, 0.717) is 12.5 Å². The number of aliphatic imine (C=N–C) groups is 1. The van der Waals surface area contributed by atoms with Crippen LogP contribution in [-0.4, -0.2) is 42.1 Å². The highest BCUT2D eigenvalue weighted by Gasteiger charge is 2.25. The van der Waals surface area contributed by atoms with Gasteiger partial charge < -0.3 is 15.4 Å². The summed E-state index contributed by atoms with van der Waals surface area (Å²) in [5, 5.41) is 3.22. The molecule has 0 bridgehead atoms. The van der Waals surface area contributed by atoms with Crippen LogP contribution in [0.15, 0.2) is 10.4 Å². The molecule has 1 aromatic rings. The fourth-order valence-electron chi connectivity index (χ4n) is 2.01. The minimum absolute atomic E-state index is 0. The molecular formula is C12H19IN4OS. The topological polar surface area (TPSA) is 63.7 Å². The molecule has 0 radical (unpaired) electrons. The summed E-state index contributed by atoms with van der Waals surface area (Å²) in [6.45, 7) is 3.74. The van der Waals surface area contributed by atoms with Gasteiger partial charge in [0.25, 0.3) is 0 Å². The largest absolute Gasteiger partial charge is 0.378 e. The predicted molar refractivity (Wildman–Crippen MR) is 87.2 cm³/mol. The molecule has 19 heavy (non-hydrogen) atoms. The lowest BCUT2D eigenvalue weighted by molar-refractivity contribution is 0.0674. The van der Waals surface area contributed by atoms with Gasteiger partial charge in [-0.15, -0.1) is 35.3 Å². The van der Waals surface area contributed by atoms with Gasteiger partial charge in [-0.2, -0.15) is 0 Å². The summed E-state index contributed by atoms with van der Waals surface area (Å²) >= 11 is 1.69. The Morgan fingerprint density at radius 2 is 2.21 bits per heavy atom. The van der Waals surface area contributed by atoms with Crippen LogP contribution in [0.25, 0.3) is 0 Å². The van der Waals surface area contributed by atoms with Crippen LogP contribution < -0.4 is 5.73 Å². The van der Waals surface area contributed by atoms with Gasteiger partial charge in [-0.05, 0) is 12.8 Å². The number of guanidine groups is 1. The summed E-state index contributed by atoms with van der Waals surface area (Å²) in [5.41, 5.74) is 7.22. The number of hydrogen-bond donors (Lipinski definition) is 1. The lowest BCUT2D eigenvalue weighted by atomic mass is 10.3. The predicted octanol–water partition coefficient (Wildman–Crippen LogP) is 1.79. The minimum atomic E-state index is 0. The Hall–Kier alpha value is -0.410. The molecule has 5 nitrogen and oxygen atoms in total. The van der Waals surface area contributed by atoms with E-state index in [0.717, 1.165) is 37.2 Å². The van der Waals surface area contributed by atoms with E-state index in [9.17, 15) is 0 Å². The molecule has 1 aliphatic heterocycles. The van der Waals surface area contributed by atoms with Gasteiger partial charge in [0.05, 0.1) is 25.5 Å². The number of morpholine rings is 1. The Labute approximate surface area is 134 Å². The second-order valence-corrected chi connectivity index (χ2v) is 5.66. The molecule has 2 N–H and O–H groups in total. The van der Waals surface area contributed by atoms with Crippen molar-refractivity contribution in [3.63, 3.8) is 0 Å². The van der Waals surface area contributed by atoms with E-state index in [-0.39, 0.29) is 24.0 Å². The second-order valence-electron chi connectivity index (χ2n) is 4.71. The first-order valence-electron chi connectivity index (χ1n) is 6.40. The van der Waals surface area contributed by atoms with Crippen LogP contribution >= 0.6 is 35.3 Å². The molecule has 0 atom stereocenters. The maximum atomic E-state index is 5.97. The van der Waals surface area contributed by atoms with Crippen LogP contribution in [0.2, 0.25) is 0 Å². The standard InChI is InChI=1S/C12H18N4OS.HI/c13-12(16-3-5-17-6-4-16)14-7-11-15-10(8-18-11)9-1-2-9;/h8-9H,1-7H2,(H2,13,14);1H. The number of rotatable bonds is 3. The van der Waals surface area contributed by atoms with Crippen LogP contribution in [-0.2, 0) is 11.3 Å². The molecule has 0 amide bonds. The average Bonchev–Trinajstić information content (AvgIpc) is 3.16. The number of nitrogens with zero attached hydrogens (tertiary/aromatic N) is 3. The third-order valence-electron chi connectivity index (χ3n) is 3.28. The van der Waals surface area contributed by atoms with Crippen LogP contribution in [0, 0.1) is 0 Å². The lowest BCUT2D eigenvalue weighted by Gasteiger charge is -2.27. The van der Waals surface area contributed by atoms with Crippen LogP contribution in [0.5, 0.6) is 0 Å². The molecule has 0 aromatic carbocycles. The summed E-state index contributed by atoms with van der Waals surface area (Å²) in [7, 11) is 0. The molecular weight excluding hydrogens is 375 g/mol. The maximum Gasteiger partial charge on any atom is 0.191 e. The second kappa shape index (κ2) is 6.85. The number of halogens is 1. The summed E-state index contributed by atoms with van der Waals surface area (Å²) in [6.07, 6.45) is 2.59. The van der Waals surface area contributed by atoms with Crippen molar-refractivity contribution in [2.75, 3.05) is 26.3 Å². The Kier molecular flexibility index (Phi) is 5.40. The summed E-state index contributed by atoms with van der Waals surface area (Å²) in [5.74, 6) is 1.33. The molecule has 7 heteroatoms. The SMILES string of the molecule is I.NC(=NCc1nc(C2CC2)cs1)N1CCOCC1. The van der Waals surface area contributed by atoms with E-state index in [2.05, 4.69) is 20.3 Å². The van der Waals surface area contributed by atoms with Gasteiger partial charge in [-0.25, -0.2) is 9.98 Å². The van der Waals surface area contributed by atoms with Crippen LogP contribution in [0.3, 0.4) is 0 Å².